The molecule has 1 aromatic carbocycles. The first-order valence-electron chi connectivity index (χ1n) is 4.18. The molecule has 0 saturated carbocycles. The summed E-state index contributed by atoms with van der Waals surface area (Å²) in [7, 11) is 1.86. The number of rotatable bonds is 1. The van der Waals surface area contributed by atoms with Crippen LogP contribution in [0.4, 0.5) is 5.69 Å². The van der Waals surface area contributed by atoms with Crippen molar-refractivity contribution in [2.75, 3.05) is 12.4 Å². The maximum Gasteiger partial charge on any atom is 0.0640 e. The van der Waals surface area contributed by atoms with E-state index in [9.17, 15) is 0 Å². The molecule has 2 heteroatoms. The van der Waals surface area contributed by atoms with Crippen LogP contribution >= 0.6 is 11.6 Å². The Morgan fingerprint density at radius 1 is 1.25 bits per heavy atom. The van der Waals surface area contributed by atoms with Crippen LogP contribution < -0.4 is 5.32 Å². The fourth-order valence-electron chi connectivity index (χ4n) is 0.823. The van der Waals surface area contributed by atoms with Gasteiger partial charge < -0.3 is 5.32 Å². The molecule has 0 aliphatic carbocycles. The summed E-state index contributed by atoms with van der Waals surface area (Å²) in [5.41, 5.74) is 2.16. The van der Waals surface area contributed by atoms with Crippen molar-refractivity contribution in [2.24, 2.45) is 0 Å². The van der Waals surface area contributed by atoms with Crippen molar-refractivity contribution < 1.29 is 0 Å². The summed E-state index contributed by atoms with van der Waals surface area (Å²) in [6.45, 7) is 6.02. The number of anilines is 1. The molecule has 1 nitrogen and oxygen atoms in total. The highest BCUT2D eigenvalue weighted by atomic mass is 35.5. The standard InChI is InChI=1S/C8H10ClN.C2H6/c1-6-3-4-8(10-2)7(9)5-6;1-2/h3-5,10H,1-2H3;1-2H3. The number of aryl methyl sites for hydroxylation is 1. The fourth-order valence-corrected chi connectivity index (χ4v) is 1.15. The minimum absolute atomic E-state index is 0.780. The Kier molecular flexibility index (Phi) is 5.56. The average Bonchev–Trinajstić information content (AvgIpc) is 2.08. The van der Waals surface area contributed by atoms with Gasteiger partial charge >= 0.3 is 0 Å². The molecule has 1 rings (SSSR count). The third-order valence-electron chi connectivity index (χ3n) is 1.39. The third kappa shape index (κ3) is 3.14. The third-order valence-corrected chi connectivity index (χ3v) is 1.71. The van der Waals surface area contributed by atoms with Gasteiger partial charge in [-0.2, -0.15) is 0 Å². The minimum Gasteiger partial charge on any atom is -0.387 e. The van der Waals surface area contributed by atoms with Crippen molar-refractivity contribution in [1.29, 1.82) is 0 Å². The van der Waals surface area contributed by atoms with Gasteiger partial charge in [0.15, 0.2) is 0 Å². The van der Waals surface area contributed by atoms with Crippen LogP contribution in [0.2, 0.25) is 5.02 Å². The van der Waals surface area contributed by atoms with Crippen LogP contribution in [-0.2, 0) is 0 Å². The van der Waals surface area contributed by atoms with Gasteiger partial charge in [-0.1, -0.05) is 31.5 Å². The largest absolute Gasteiger partial charge is 0.387 e. The van der Waals surface area contributed by atoms with E-state index in [1.807, 2.05) is 46.0 Å². The van der Waals surface area contributed by atoms with Gasteiger partial charge in [0.2, 0.25) is 0 Å². The minimum atomic E-state index is 0.780. The lowest BCUT2D eigenvalue weighted by atomic mass is 10.2. The summed E-state index contributed by atoms with van der Waals surface area (Å²) in [5.74, 6) is 0. The van der Waals surface area contributed by atoms with Crippen LogP contribution in [0.3, 0.4) is 0 Å². The molecule has 12 heavy (non-hydrogen) atoms. The van der Waals surface area contributed by atoms with E-state index in [0.29, 0.717) is 0 Å². The fraction of sp³-hybridized carbons (Fsp3) is 0.400. The first-order chi connectivity index (χ1) is 5.74. The zero-order valence-electron chi connectivity index (χ0n) is 8.11. The number of nitrogens with one attached hydrogen (secondary N) is 1. The van der Waals surface area contributed by atoms with Crippen LogP contribution in [-0.4, -0.2) is 7.05 Å². The molecule has 68 valence electrons. The number of hydrogen-bond donors (Lipinski definition) is 1. The lowest BCUT2D eigenvalue weighted by Crippen LogP contribution is -1.88. The highest BCUT2D eigenvalue weighted by Crippen LogP contribution is 2.21. The van der Waals surface area contributed by atoms with Crippen molar-refractivity contribution in [3.63, 3.8) is 0 Å². The van der Waals surface area contributed by atoms with E-state index in [1.165, 1.54) is 5.56 Å². The zero-order valence-corrected chi connectivity index (χ0v) is 8.87. The van der Waals surface area contributed by atoms with Gasteiger partial charge in [-0.05, 0) is 24.6 Å². The number of benzene rings is 1. The number of halogens is 1. The molecule has 0 aliphatic heterocycles. The highest BCUT2D eigenvalue weighted by Gasteiger charge is 1.95. The van der Waals surface area contributed by atoms with E-state index in [2.05, 4.69) is 5.32 Å². The van der Waals surface area contributed by atoms with Crippen LogP contribution in [0, 0.1) is 6.92 Å². The monoisotopic (exact) mass is 185 g/mol. The summed E-state index contributed by atoms with van der Waals surface area (Å²) >= 11 is 5.87. The Labute approximate surface area is 79.8 Å². The molecular formula is C10H16ClN. The van der Waals surface area contributed by atoms with E-state index in [1.54, 1.807) is 0 Å². The molecule has 0 aliphatic rings. The smallest absolute Gasteiger partial charge is 0.0640 e. The van der Waals surface area contributed by atoms with E-state index >= 15 is 0 Å². The molecule has 0 fully saturated rings. The van der Waals surface area contributed by atoms with Gasteiger partial charge in [0.05, 0.1) is 10.7 Å². The summed E-state index contributed by atoms with van der Waals surface area (Å²) in [6, 6.07) is 5.93. The van der Waals surface area contributed by atoms with Crippen LogP contribution in [0.15, 0.2) is 18.2 Å². The molecule has 0 saturated heterocycles. The molecule has 0 heterocycles. The van der Waals surface area contributed by atoms with Gasteiger partial charge in [0, 0.05) is 7.05 Å². The van der Waals surface area contributed by atoms with Gasteiger partial charge in [0.25, 0.3) is 0 Å². The van der Waals surface area contributed by atoms with E-state index in [0.717, 1.165) is 10.7 Å². The first kappa shape index (κ1) is 11.3. The first-order valence-corrected chi connectivity index (χ1v) is 4.55. The molecule has 1 aromatic rings. The summed E-state index contributed by atoms with van der Waals surface area (Å²) < 4.78 is 0. The Bertz CT molecular complexity index is 233. The Hall–Kier alpha value is -0.690. The van der Waals surface area contributed by atoms with Crippen LogP contribution in [0.5, 0.6) is 0 Å². The second-order valence-corrected chi connectivity index (χ2v) is 2.64. The van der Waals surface area contributed by atoms with Crippen molar-refractivity contribution in [1.82, 2.24) is 0 Å². The molecule has 0 unspecified atom stereocenters. The second kappa shape index (κ2) is 5.90. The van der Waals surface area contributed by atoms with Gasteiger partial charge in [-0.15, -0.1) is 0 Å². The Morgan fingerprint density at radius 2 is 1.83 bits per heavy atom. The maximum absolute atomic E-state index is 5.87. The van der Waals surface area contributed by atoms with Crippen LogP contribution in [0.25, 0.3) is 0 Å². The number of hydrogen-bond acceptors (Lipinski definition) is 1. The molecule has 0 radical (unpaired) electrons. The van der Waals surface area contributed by atoms with Crippen LogP contribution in [0.1, 0.15) is 19.4 Å². The second-order valence-electron chi connectivity index (χ2n) is 2.23. The molecule has 0 amide bonds. The maximum atomic E-state index is 5.87. The molecular weight excluding hydrogens is 170 g/mol. The van der Waals surface area contributed by atoms with Crippen molar-refractivity contribution >= 4 is 17.3 Å². The normalized spacial score (nSPS) is 8.42. The SMILES string of the molecule is CC.CNc1ccc(C)cc1Cl. The molecule has 1 N–H and O–H groups in total. The average molecular weight is 186 g/mol. The van der Waals surface area contributed by atoms with Gasteiger partial charge in [0.1, 0.15) is 0 Å². The van der Waals surface area contributed by atoms with E-state index < -0.39 is 0 Å². The van der Waals surface area contributed by atoms with Gasteiger partial charge in [-0.3, -0.25) is 0 Å². The lowest BCUT2D eigenvalue weighted by molar-refractivity contribution is 1.44. The summed E-state index contributed by atoms with van der Waals surface area (Å²) in [6.07, 6.45) is 0. The predicted octanol–water partition coefficient (Wildman–Crippen LogP) is 3.72. The van der Waals surface area contributed by atoms with Crippen molar-refractivity contribution in [2.45, 2.75) is 20.8 Å². The highest BCUT2D eigenvalue weighted by molar-refractivity contribution is 6.33. The van der Waals surface area contributed by atoms with Gasteiger partial charge in [-0.25, -0.2) is 0 Å². The predicted molar refractivity (Wildman–Crippen MR) is 57.1 cm³/mol. The Morgan fingerprint density at radius 3 is 2.25 bits per heavy atom. The van der Waals surface area contributed by atoms with Crippen molar-refractivity contribution in [3.05, 3.63) is 28.8 Å². The molecule has 0 atom stereocenters. The zero-order chi connectivity index (χ0) is 9.56. The van der Waals surface area contributed by atoms with E-state index in [4.69, 9.17) is 11.6 Å². The summed E-state index contributed by atoms with van der Waals surface area (Å²) in [4.78, 5) is 0. The summed E-state index contributed by atoms with van der Waals surface area (Å²) in [5, 5.41) is 3.77. The van der Waals surface area contributed by atoms with Crippen molar-refractivity contribution in [3.8, 4) is 0 Å². The topological polar surface area (TPSA) is 12.0 Å². The molecule has 0 spiro atoms. The molecule has 0 bridgehead atoms. The molecule has 0 aromatic heterocycles. The van der Waals surface area contributed by atoms with E-state index in [-0.39, 0.29) is 0 Å². The Balaban J connectivity index is 0.000000561. The lowest BCUT2D eigenvalue weighted by Gasteiger charge is -2.02. The quantitative estimate of drug-likeness (QED) is 0.704.